The van der Waals surface area contributed by atoms with Gasteiger partial charge in [-0.1, -0.05) is 0 Å². The summed E-state index contributed by atoms with van der Waals surface area (Å²) >= 11 is 0. The summed E-state index contributed by atoms with van der Waals surface area (Å²) in [5.74, 6) is 0.880. The van der Waals surface area contributed by atoms with E-state index in [4.69, 9.17) is 4.74 Å². The maximum absolute atomic E-state index is 5.45. The van der Waals surface area contributed by atoms with E-state index in [2.05, 4.69) is 11.9 Å². The monoisotopic (exact) mass is 164 g/mol. The number of ether oxygens (including phenoxy) is 1. The summed E-state index contributed by atoms with van der Waals surface area (Å²) in [6.45, 7) is 10.4. The van der Waals surface area contributed by atoms with Crippen molar-refractivity contribution < 1.29 is 4.74 Å². The van der Waals surface area contributed by atoms with Crippen molar-refractivity contribution in [3.8, 4) is 5.75 Å². The Bertz CT molecular complexity index is 281. The molecule has 0 amide bonds. The SMILES string of the molecule is [CH2]c1cnc(C)c(OCC)c1C. The first kappa shape index (κ1) is 9.04. The molecular weight excluding hydrogens is 150 g/mol. The van der Waals surface area contributed by atoms with Crippen LogP contribution in [0.5, 0.6) is 5.75 Å². The first-order valence-corrected chi connectivity index (χ1v) is 4.07. The molecule has 0 saturated heterocycles. The van der Waals surface area contributed by atoms with Gasteiger partial charge in [-0.25, -0.2) is 0 Å². The van der Waals surface area contributed by atoms with Gasteiger partial charge in [0.1, 0.15) is 5.75 Å². The summed E-state index contributed by atoms with van der Waals surface area (Å²) in [6, 6.07) is 0. The number of aromatic nitrogens is 1. The van der Waals surface area contributed by atoms with Gasteiger partial charge in [0.2, 0.25) is 0 Å². The lowest BCUT2D eigenvalue weighted by Crippen LogP contribution is -1.99. The van der Waals surface area contributed by atoms with E-state index < -0.39 is 0 Å². The van der Waals surface area contributed by atoms with Crippen molar-refractivity contribution in [3.05, 3.63) is 29.9 Å². The zero-order valence-corrected chi connectivity index (χ0v) is 7.85. The minimum Gasteiger partial charge on any atom is -0.492 e. The van der Waals surface area contributed by atoms with Gasteiger partial charge < -0.3 is 4.74 Å². The first-order chi connectivity index (χ1) is 5.66. The first-order valence-electron chi connectivity index (χ1n) is 4.07. The molecule has 0 aliphatic heterocycles. The van der Waals surface area contributed by atoms with Gasteiger partial charge >= 0.3 is 0 Å². The van der Waals surface area contributed by atoms with Crippen LogP contribution in [0.25, 0.3) is 0 Å². The van der Waals surface area contributed by atoms with Crippen molar-refractivity contribution in [2.24, 2.45) is 0 Å². The molecule has 0 saturated carbocycles. The van der Waals surface area contributed by atoms with Crippen molar-refractivity contribution in [2.45, 2.75) is 20.8 Å². The lowest BCUT2D eigenvalue weighted by molar-refractivity contribution is 0.333. The molecule has 0 aliphatic rings. The third-order valence-electron chi connectivity index (χ3n) is 1.85. The fourth-order valence-corrected chi connectivity index (χ4v) is 1.10. The molecule has 0 spiro atoms. The Balaban J connectivity index is 3.14. The smallest absolute Gasteiger partial charge is 0.143 e. The zero-order chi connectivity index (χ0) is 9.14. The Kier molecular flexibility index (Phi) is 2.69. The average molecular weight is 164 g/mol. The molecule has 0 bridgehead atoms. The van der Waals surface area contributed by atoms with Gasteiger partial charge in [-0.3, -0.25) is 4.98 Å². The second-order valence-electron chi connectivity index (χ2n) is 2.76. The quantitative estimate of drug-likeness (QED) is 0.669. The number of rotatable bonds is 2. The number of nitrogens with zero attached hydrogens (tertiary/aromatic N) is 1. The number of pyridine rings is 1. The lowest BCUT2D eigenvalue weighted by atomic mass is 10.1. The van der Waals surface area contributed by atoms with E-state index >= 15 is 0 Å². The van der Waals surface area contributed by atoms with E-state index in [9.17, 15) is 0 Å². The van der Waals surface area contributed by atoms with Crippen molar-refractivity contribution in [3.63, 3.8) is 0 Å². The van der Waals surface area contributed by atoms with Crippen molar-refractivity contribution >= 4 is 0 Å². The second kappa shape index (κ2) is 3.57. The molecular formula is C10H14NO. The standard InChI is InChI=1S/C10H14NO/c1-5-12-10-8(3)7(2)6-11-9(10)4/h6H,2,5H2,1,3-4H3. The highest BCUT2D eigenvalue weighted by atomic mass is 16.5. The Labute approximate surface area is 73.6 Å². The average Bonchev–Trinajstić information content (AvgIpc) is 2.06. The second-order valence-corrected chi connectivity index (χ2v) is 2.76. The van der Waals surface area contributed by atoms with Crippen LogP contribution in [-0.4, -0.2) is 11.6 Å². The summed E-state index contributed by atoms with van der Waals surface area (Å²) in [7, 11) is 0. The van der Waals surface area contributed by atoms with Crippen molar-refractivity contribution in [1.29, 1.82) is 0 Å². The molecule has 1 aromatic rings. The van der Waals surface area contributed by atoms with Gasteiger partial charge in [0.05, 0.1) is 12.3 Å². The molecule has 0 aromatic carbocycles. The van der Waals surface area contributed by atoms with Crippen LogP contribution < -0.4 is 4.74 Å². The van der Waals surface area contributed by atoms with Gasteiger partial charge in [0.15, 0.2) is 0 Å². The maximum atomic E-state index is 5.45. The third-order valence-corrected chi connectivity index (χ3v) is 1.85. The molecule has 0 fully saturated rings. The maximum Gasteiger partial charge on any atom is 0.143 e. The molecule has 0 aliphatic carbocycles. The van der Waals surface area contributed by atoms with E-state index in [1.807, 2.05) is 20.8 Å². The summed E-state index contributed by atoms with van der Waals surface area (Å²) in [5, 5.41) is 0. The highest BCUT2D eigenvalue weighted by Crippen LogP contribution is 2.23. The van der Waals surface area contributed by atoms with Crippen LogP contribution in [0, 0.1) is 20.8 Å². The molecule has 1 heterocycles. The van der Waals surface area contributed by atoms with Crippen LogP contribution in [0.2, 0.25) is 0 Å². The minimum atomic E-state index is 0.673. The van der Waals surface area contributed by atoms with Crippen LogP contribution in [-0.2, 0) is 0 Å². The molecule has 12 heavy (non-hydrogen) atoms. The number of hydrogen-bond acceptors (Lipinski definition) is 2. The third kappa shape index (κ3) is 1.58. The zero-order valence-electron chi connectivity index (χ0n) is 7.85. The number of hydrogen-bond donors (Lipinski definition) is 0. The van der Waals surface area contributed by atoms with Gasteiger partial charge in [0.25, 0.3) is 0 Å². The molecule has 2 heteroatoms. The van der Waals surface area contributed by atoms with E-state index in [1.165, 1.54) is 0 Å². The Hall–Kier alpha value is -1.05. The predicted octanol–water partition coefficient (Wildman–Crippen LogP) is 2.28. The van der Waals surface area contributed by atoms with Gasteiger partial charge in [-0.2, -0.15) is 0 Å². The fraction of sp³-hybridized carbons (Fsp3) is 0.400. The van der Waals surface area contributed by atoms with Gasteiger partial charge in [-0.05, 0) is 38.8 Å². The summed E-state index contributed by atoms with van der Waals surface area (Å²) < 4.78 is 5.45. The normalized spacial score (nSPS) is 10.0. The Morgan fingerprint density at radius 1 is 1.50 bits per heavy atom. The van der Waals surface area contributed by atoms with Gasteiger partial charge in [0, 0.05) is 6.20 Å². The summed E-state index contributed by atoms with van der Waals surface area (Å²) in [4.78, 5) is 4.17. The largest absolute Gasteiger partial charge is 0.492 e. The van der Waals surface area contributed by atoms with E-state index in [0.717, 1.165) is 22.6 Å². The lowest BCUT2D eigenvalue weighted by Gasteiger charge is -2.10. The van der Waals surface area contributed by atoms with E-state index in [-0.39, 0.29) is 0 Å². The molecule has 65 valence electrons. The predicted molar refractivity (Wildman–Crippen MR) is 49.3 cm³/mol. The van der Waals surface area contributed by atoms with Crippen LogP contribution in [0.15, 0.2) is 6.20 Å². The molecule has 0 atom stereocenters. The van der Waals surface area contributed by atoms with Crippen LogP contribution in [0.4, 0.5) is 0 Å². The summed E-state index contributed by atoms with van der Waals surface area (Å²) in [5.41, 5.74) is 2.95. The molecule has 1 radical (unpaired) electrons. The molecule has 1 rings (SSSR count). The highest BCUT2D eigenvalue weighted by molar-refractivity contribution is 5.41. The van der Waals surface area contributed by atoms with Crippen molar-refractivity contribution in [1.82, 2.24) is 4.98 Å². The topological polar surface area (TPSA) is 22.1 Å². The molecule has 0 N–H and O–H groups in total. The number of aryl methyl sites for hydroxylation is 1. The van der Waals surface area contributed by atoms with Crippen LogP contribution in [0.3, 0.4) is 0 Å². The minimum absolute atomic E-state index is 0.673. The molecule has 1 aromatic heterocycles. The molecule has 2 nitrogen and oxygen atoms in total. The van der Waals surface area contributed by atoms with E-state index in [0.29, 0.717) is 6.61 Å². The van der Waals surface area contributed by atoms with Crippen LogP contribution >= 0.6 is 0 Å². The summed E-state index contributed by atoms with van der Waals surface area (Å²) in [6.07, 6.45) is 1.77. The molecule has 0 unspecified atom stereocenters. The fourth-order valence-electron chi connectivity index (χ4n) is 1.10. The van der Waals surface area contributed by atoms with E-state index in [1.54, 1.807) is 6.20 Å². The van der Waals surface area contributed by atoms with Crippen LogP contribution in [0.1, 0.15) is 23.7 Å². The van der Waals surface area contributed by atoms with Gasteiger partial charge in [-0.15, -0.1) is 0 Å². The highest BCUT2D eigenvalue weighted by Gasteiger charge is 2.05. The Morgan fingerprint density at radius 3 is 2.75 bits per heavy atom. The van der Waals surface area contributed by atoms with Crippen molar-refractivity contribution in [2.75, 3.05) is 6.61 Å². The Morgan fingerprint density at radius 2 is 2.17 bits per heavy atom.